The van der Waals surface area contributed by atoms with E-state index < -0.39 is 23.7 Å². The van der Waals surface area contributed by atoms with Gasteiger partial charge in [0.1, 0.15) is 11.9 Å². The van der Waals surface area contributed by atoms with E-state index in [2.05, 4.69) is 25.4 Å². The number of carboxylic acids is 1. The molecule has 1 saturated carbocycles. The quantitative estimate of drug-likeness (QED) is 0.814. The van der Waals surface area contributed by atoms with E-state index in [1.807, 2.05) is 0 Å². The first kappa shape index (κ1) is 18.7. The van der Waals surface area contributed by atoms with Crippen molar-refractivity contribution < 1.29 is 19.4 Å². The first-order valence-electron chi connectivity index (χ1n) is 8.66. The van der Waals surface area contributed by atoms with E-state index in [1.54, 1.807) is 27.7 Å². The minimum absolute atomic E-state index is 0.151. The molecule has 10 heteroatoms. The summed E-state index contributed by atoms with van der Waals surface area (Å²) in [6, 6.07) is 0.792. The Bertz CT molecular complexity index is 869. The molecule has 1 amide bonds. The predicted octanol–water partition coefficient (Wildman–Crippen LogP) is 2.22. The van der Waals surface area contributed by atoms with Gasteiger partial charge in [-0.05, 0) is 40.5 Å². The molecule has 1 fully saturated rings. The zero-order valence-electron chi connectivity index (χ0n) is 15.6. The van der Waals surface area contributed by atoms with Crippen molar-refractivity contribution in [3.63, 3.8) is 0 Å². The second-order valence-corrected chi connectivity index (χ2v) is 7.45. The van der Waals surface area contributed by atoms with Crippen LogP contribution in [-0.4, -0.2) is 47.5 Å². The van der Waals surface area contributed by atoms with Crippen LogP contribution in [0.1, 0.15) is 74.6 Å². The van der Waals surface area contributed by atoms with Crippen LogP contribution in [-0.2, 0) is 4.74 Å². The second kappa shape index (κ2) is 6.93. The van der Waals surface area contributed by atoms with Crippen molar-refractivity contribution in [1.82, 2.24) is 30.0 Å². The van der Waals surface area contributed by atoms with E-state index in [9.17, 15) is 9.59 Å². The zero-order valence-corrected chi connectivity index (χ0v) is 15.6. The van der Waals surface area contributed by atoms with E-state index in [-0.39, 0.29) is 17.4 Å². The van der Waals surface area contributed by atoms with Crippen LogP contribution in [0.3, 0.4) is 0 Å². The molecule has 10 nitrogen and oxygen atoms in total. The number of ether oxygens (including phenoxy) is 1. The van der Waals surface area contributed by atoms with Crippen LogP contribution in [0.5, 0.6) is 0 Å². The summed E-state index contributed by atoms with van der Waals surface area (Å²) in [7, 11) is 0. The third-order valence-electron chi connectivity index (χ3n) is 3.80. The van der Waals surface area contributed by atoms with E-state index in [0.29, 0.717) is 11.6 Å². The average molecular weight is 374 g/mol. The van der Waals surface area contributed by atoms with Crippen LogP contribution in [0.4, 0.5) is 4.79 Å². The Balaban J connectivity index is 1.91. The maximum Gasteiger partial charge on any atom is 0.408 e. The fourth-order valence-electron chi connectivity index (χ4n) is 2.43. The Kier molecular flexibility index (Phi) is 4.81. The molecular weight excluding hydrogens is 352 g/mol. The van der Waals surface area contributed by atoms with Crippen LogP contribution in [0, 0.1) is 0 Å². The number of carbonyl (C=O) groups is 2. The molecule has 2 aromatic rings. The molecule has 2 N–H and O–H groups in total. The van der Waals surface area contributed by atoms with Crippen molar-refractivity contribution in [2.24, 2.45) is 0 Å². The van der Waals surface area contributed by atoms with Gasteiger partial charge >= 0.3 is 12.1 Å². The van der Waals surface area contributed by atoms with Crippen molar-refractivity contribution in [1.29, 1.82) is 0 Å². The number of hydrogen-bond acceptors (Lipinski definition) is 7. The lowest BCUT2D eigenvalue weighted by Gasteiger charge is -2.21. The molecule has 3 rings (SSSR count). The summed E-state index contributed by atoms with van der Waals surface area (Å²) in [5.41, 5.74) is -0.776. The van der Waals surface area contributed by atoms with Crippen molar-refractivity contribution >= 4 is 12.1 Å². The molecule has 0 radical (unpaired) electrons. The third-order valence-corrected chi connectivity index (χ3v) is 3.80. The number of alkyl carbamates (subject to hydrolysis) is 1. The molecule has 2 aromatic heterocycles. The van der Waals surface area contributed by atoms with E-state index in [0.717, 1.165) is 19.2 Å². The Morgan fingerprint density at radius 1 is 1.33 bits per heavy atom. The fourth-order valence-corrected chi connectivity index (χ4v) is 2.43. The average Bonchev–Trinajstić information content (AvgIpc) is 3.31. The number of aromatic nitrogens is 5. The zero-order chi connectivity index (χ0) is 19.8. The Morgan fingerprint density at radius 2 is 2.04 bits per heavy atom. The molecule has 27 heavy (non-hydrogen) atoms. The lowest BCUT2D eigenvalue weighted by Crippen LogP contribution is -2.35. The molecule has 0 bridgehead atoms. The van der Waals surface area contributed by atoms with E-state index in [1.165, 1.54) is 10.7 Å². The highest BCUT2D eigenvalue weighted by Gasteiger charge is 2.31. The summed E-state index contributed by atoms with van der Waals surface area (Å²) in [4.78, 5) is 35.7. The molecule has 0 saturated heterocycles. The Hall–Kier alpha value is -3.04. The number of nitrogens with one attached hydrogen (secondary N) is 1. The fraction of sp³-hybridized carbons (Fsp3) is 0.529. The molecule has 0 spiro atoms. The first-order chi connectivity index (χ1) is 12.6. The number of nitrogens with zero attached hydrogens (tertiary/aromatic N) is 5. The lowest BCUT2D eigenvalue weighted by molar-refractivity contribution is 0.0504. The Morgan fingerprint density at radius 3 is 2.63 bits per heavy atom. The molecule has 2 heterocycles. The molecule has 0 aromatic carbocycles. The van der Waals surface area contributed by atoms with Crippen molar-refractivity contribution in [2.45, 2.75) is 58.1 Å². The van der Waals surface area contributed by atoms with Crippen LogP contribution in [0.25, 0.3) is 5.82 Å². The van der Waals surface area contributed by atoms with Crippen molar-refractivity contribution in [3.8, 4) is 5.82 Å². The third kappa shape index (κ3) is 4.57. The molecule has 1 atom stereocenters. The first-order valence-corrected chi connectivity index (χ1v) is 8.66. The van der Waals surface area contributed by atoms with Gasteiger partial charge in [0.2, 0.25) is 0 Å². The van der Waals surface area contributed by atoms with Gasteiger partial charge in [-0.25, -0.2) is 24.5 Å². The number of aromatic carboxylic acids is 1. The van der Waals surface area contributed by atoms with Gasteiger partial charge < -0.3 is 15.2 Å². The Labute approximate surface area is 156 Å². The molecule has 1 aliphatic carbocycles. The van der Waals surface area contributed by atoms with Crippen LogP contribution in [0.2, 0.25) is 0 Å². The molecule has 1 aliphatic rings. The van der Waals surface area contributed by atoms with E-state index >= 15 is 0 Å². The summed E-state index contributed by atoms with van der Waals surface area (Å²) in [5, 5.41) is 16.4. The van der Waals surface area contributed by atoms with Gasteiger partial charge in [-0.15, -0.1) is 5.10 Å². The van der Waals surface area contributed by atoms with Gasteiger partial charge in [0.05, 0.1) is 6.04 Å². The topological polar surface area (TPSA) is 132 Å². The van der Waals surface area contributed by atoms with Crippen LogP contribution >= 0.6 is 0 Å². The lowest BCUT2D eigenvalue weighted by atomic mass is 10.2. The predicted molar refractivity (Wildman–Crippen MR) is 93.7 cm³/mol. The summed E-state index contributed by atoms with van der Waals surface area (Å²) >= 11 is 0. The minimum Gasteiger partial charge on any atom is -0.477 e. The summed E-state index contributed by atoms with van der Waals surface area (Å²) in [5.74, 6) is 0.480. The second-order valence-electron chi connectivity index (χ2n) is 7.45. The van der Waals surface area contributed by atoms with Gasteiger partial charge in [0, 0.05) is 12.0 Å². The van der Waals surface area contributed by atoms with Crippen LogP contribution in [0.15, 0.2) is 12.4 Å². The van der Waals surface area contributed by atoms with Gasteiger partial charge in [0.25, 0.3) is 0 Å². The molecule has 0 aliphatic heterocycles. The SMILES string of the molecule is C[C@H](NC(=O)OC(C)(C)C)c1nc(C2CC2)nn1-c1cc(C(=O)O)ncn1. The highest BCUT2D eigenvalue weighted by atomic mass is 16.6. The largest absolute Gasteiger partial charge is 0.477 e. The minimum atomic E-state index is -1.16. The summed E-state index contributed by atoms with van der Waals surface area (Å²) in [6.45, 7) is 7.08. The summed E-state index contributed by atoms with van der Waals surface area (Å²) < 4.78 is 6.73. The van der Waals surface area contributed by atoms with Gasteiger partial charge in [-0.1, -0.05) is 0 Å². The monoisotopic (exact) mass is 374 g/mol. The highest BCUT2D eigenvalue weighted by molar-refractivity contribution is 5.85. The maximum atomic E-state index is 12.1. The number of carbonyl (C=O) groups excluding carboxylic acids is 1. The molecule has 0 unspecified atom stereocenters. The van der Waals surface area contributed by atoms with Crippen molar-refractivity contribution in [3.05, 3.63) is 29.7 Å². The molecule has 144 valence electrons. The summed E-state index contributed by atoms with van der Waals surface area (Å²) in [6.07, 6.45) is 2.59. The maximum absolute atomic E-state index is 12.1. The van der Waals surface area contributed by atoms with Gasteiger partial charge in [0.15, 0.2) is 23.2 Å². The highest BCUT2D eigenvalue weighted by Crippen LogP contribution is 2.38. The smallest absolute Gasteiger partial charge is 0.408 e. The number of hydrogen-bond donors (Lipinski definition) is 2. The van der Waals surface area contributed by atoms with Crippen LogP contribution < -0.4 is 5.32 Å². The van der Waals surface area contributed by atoms with Gasteiger partial charge in [-0.3, -0.25) is 0 Å². The van der Waals surface area contributed by atoms with Gasteiger partial charge in [-0.2, -0.15) is 4.68 Å². The normalized spacial score (nSPS) is 15.3. The van der Waals surface area contributed by atoms with E-state index in [4.69, 9.17) is 9.84 Å². The molecular formula is C17H22N6O4. The number of amides is 1. The standard InChI is InChI=1S/C17H22N6O4/c1-9(20-16(26)27-17(2,3)4)14-21-13(10-5-6-10)22-23(14)12-7-11(15(24)25)18-8-19-12/h7-10H,5-6H2,1-4H3,(H,20,26)(H,24,25)/t9-/m0/s1. The number of rotatable bonds is 5. The number of carboxylic acid groups (broad SMARTS) is 1. The van der Waals surface area contributed by atoms with Crippen molar-refractivity contribution in [2.75, 3.05) is 0 Å².